The molecule has 4 rings (SSSR count). The van der Waals surface area contributed by atoms with Crippen LogP contribution in [0.4, 0.5) is 4.39 Å². The average Bonchev–Trinajstić information content (AvgIpc) is 3.00. The molecule has 0 bridgehead atoms. The maximum absolute atomic E-state index is 13.6. The molecular formula is C18H21FN2. The third-order valence-corrected chi connectivity index (χ3v) is 5.65. The Morgan fingerprint density at radius 1 is 1.29 bits per heavy atom. The van der Waals surface area contributed by atoms with Gasteiger partial charge < -0.3 is 5.73 Å². The van der Waals surface area contributed by atoms with E-state index in [0.29, 0.717) is 12.0 Å². The molecule has 0 amide bonds. The molecule has 0 saturated heterocycles. The van der Waals surface area contributed by atoms with E-state index in [4.69, 9.17) is 5.73 Å². The van der Waals surface area contributed by atoms with Gasteiger partial charge in [-0.2, -0.15) is 0 Å². The van der Waals surface area contributed by atoms with Crippen molar-refractivity contribution in [2.24, 2.45) is 23.5 Å². The first-order valence-corrected chi connectivity index (χ1v) is 7.98. The van der Waals surface area contributed by atoms with Crippen LogP contribution in [0.2, 0.25) is 0 Å². The molecule has 110 valence electrons. The Hall–Kier alpha value is -1.48. The van der Waals surface area contributed by atoms with Crippen molar-refractivity contribution in [1.29, 1.82) is 0 Å². The fourth-order valence-corrected chi connectivity index (χ4v) is 4.55. The second-order valence-corrected chi connectivity index (χ2v) is 6.71. The zero-order chi connectivity index (χ0) is 14.6. The Labute approximate surface area is 124 Å². The minimum absolute atomic E-state index is 0.175. The number of rotatable bonds is 3. The number of hydrogen-bond acceptors (Lipinski definition) is 2. The van der Waals surface area contributed by atoms with Crippen molar-refractivity contribution >= 4 is 10.9 Å². The first-order valence-electron chi connectivity index (χ1n) is 7.98. The number of nitrogens with zero attached hydrogens (tertiary/aromatic N) is 1. The summed E-state index contributed by atoms with van der Waals surface area (Å²) in [5.41, 5.74) is 8.38. The van der Waals surface area contributed by atoms with Crippen LogP contribution in [0.1, 0.15) is 37.7 Å². The summed E-state index contributed by atoms with van der Waals surface area (Å²) >= 11 is 0. The molecule has 2 aromatic rings. The second-order valence-electron chi connectivity index (χ2n) is 6.71. The topological polar surface area (TPSA) is 38.9 Å². The maximum atomic E-state index is 13.6. The summed E-state index contributed by atoms with van der Waals surface area (Å²) < 4.78 is 13.6. The van der Waals surface area contributed by atoms with Crippen molar-refractivity contribution in [1.82, 2.24) is 4.98 Å². The highest BCUT2D eigenvalue weighted by Crippen LogP contribution is 2.63. The zero-order valence-electron chi connectivity index (χ0n) is 12.3. The number of benzene rings is 1. The van der Waals surface area contributed by atoms with Crippen molar-refractivity contribution in [3.63, 3.8) is 0 Å². The lowest BCUT2D eigenvalue weighted by Crippen LogP contribution is -2.24. The van der Waals surface area contributed by atoms with E-state index in [2.05, 4.69) is 18.0 Å². The Morgan fingerprint density at radius 2 is 2.05 bits per heavy atom. The molecule has 1 unspecified atom stereocenters. The Bertz CT molecular complexity index is 672. The van der Waals surface area contributed by atoms with Crippen molar-refractivity contribution in [3.8, 4) is 0 Å². The molecular weight excluding hydrogens is 263 g/mol. The minimum Gasteiger partial charge on any atom is -0.327 e. The molecule has 3 heteroatoms. The molecule has 2 nitrogen and oxygen atoms in total. The van der Waals surface area contributed by atoms with Gasteiger partial charge in [-0.1, -0.05) is 6.92 Å². The van der Waals surface area contributed by atoms with Gasteiger partial charge in [0.05, 0.1) is 5.52 Å². The van der Waals surface area contributed by atoms with Crippen molar-refractivity contribution in [2.75, 3.05) is 0 Å². The predicted molar refractivity (Wildman–Crippen MR) is 82.4 cm³/mol. The Kier molecular flexibility index (Phi) is 3.00. The summed E-state index contributed by atoms with van der Waals surface area (Å²) in [6, 6.07) is 7.34. The van der Waals surface area contributed by atoms with E-state index in [9.17, 15) is 4.39 Å². The van der Waals surface area contributed by atoms with Crippen LogP contribution in [-0.2, 0) is 0 Å². The molecule has 0 spiro atoms. The zero-order valence-corrected chi connectivity index (χ0v) is 12.3. The number of halogens is 1. The van der Waals surface area contributed by atoms with Gasteiger partial charge in [0.25, 0.3) is 0 Å². The van der Waals surface area contributed by atoms with Crippen LogP contribution in [0.25, 0.3) is 10.9 Å². The molecule has 1 aromatic heterocycles. The molecule has 1 heterocycles. The second kappa shape index (κ2) is 4.77. The number of aromatic nitrogens is 1. The van der Waals surface area contributed by atoms with E-state index in [1.54, 1.807) is 12.1 Å². The Morgan fingerprint density at radius 3 is 2.76 bits per heavy atom. The van der Waals surface area contributed by atoms with Gasteiger partial charge in [0, 0.05) is 17.6 Å². The SMILES string of the molecule is CCC(N)C1[C@@H]2CC(c3ccnc4ccc(F)cc34)C[C@@H]12. The van der Waals surface area contributed by atoms with Crippen molar-refractivity contribution < 1.29 is 4.39 Å². The number of pyridine rings is 1. The predicted octanol–water partition coefficient (Wildman–Crippen LogP) is 3.85. The quantitative estimate of drug-likeness (QED) is 0.929. The standard InChI is InChI=1S/C18H21FN2/c1-2-16(20)18-14-7-10(8-15(14)18)12-5-6-21-17-4-3-11(19)9-13(12)17/h3-6,9-10,14-16,18H,2,7-8,20H2,1H3/t10?,14-,15-,16?,18?/m1/s1. The highest BCUT2D eigenvalue weighted by Gasteiger charge is 2.57. The van der Waals surface area contributed by atoms with E-state index >= 15 is 0 Å². The summed E-state index contributed by atoms with van der Waals surface area (Å²) in [5.74, 6) is 2.69. The molecule has 2 fully saturated rings. The largest absolute Gasteiger partial charge is 0.327 e. The van der Waals surface area contributed by atoms with Gasteiger partial charge in [-0.05, 0) is 72.8 Å². The number of nitrogens with two attached hydrogens (primary N) is 1. The first-order chi connectivity index (χ1) is 10.2. The molecule has 3 atom stereocenters. The van der Waals surface area contributed by atoms with Gasteiger partial charge >= 0.3 is 0 Å². The monoisotopic (exact) mass is 284 g/mol. The van der Waals surface area contributed by atoms with Gasteiger partial charge in [0.1, 0.15) is 5.82 Å². The summed E-state index contributed by atoms with van der Waals surface area (Å²) in [6.07, 6.45) is 5.35. The molecule has 2 N–H and O–H groups in total. The molecule has 21 heavy (non-hydrogen) atoms. The number of hydrogen-bond donors (Lipinski definition) is 1. The number of fused-ring (bicyclic) bond motifs is 2. The summed E-state index contributed by atoms with van der Waals surface area (Å²) in [4.78, 5) is 4.35. The minimum atomic E-state index is -0.175. The van der Waals surface area contributed by atoms with E-state index in [1.807, 2.05) is 6.20 Å². The highest BCUT2D eigenvalue weighted by molar-refractivity contribution is 5.82. The molecule has 2 saturated carbocycles. The third-order valence-electron chi connectivity index (χ3n) is 5.65. The van der Waals surface area contributed by atoms with E-state index < -0.39 is 0 Å². The van der Waals surface area contributed by atoms with E-state index in [0.717, 1.165) is 35.1 Å². The smallest absolute Gasteiger partial charge is 0.123 e. The highest BCUT2D eigenvalue weighted by atomic mass is 19.1. The lowest BCUT2D eigenvalue weighted by Gasteiger charge is -2.19. The molecule has 0 radical (unpaired) electrons. The van der Waals surface area contributed by atoms with Gasteiger partial charge in [-0.25, -0.2) is 4.39 Å². The average molecular weight is 284 g/mol. The molecule has 0 aliphatic heterocycles. The van der Waals surface area contributed by atoms with Gasteiger partial charge in [-0.3, -0.25) is 4.98 Å². The molecule has 2 aliphatic rings. The summed E-state index contributed by atoms with van der Waals surface area (Å²) in [5, 5.41) is 0.986. The van der Waals surface area contributed by atoms with Gasteiger partial charge in [-0.15, -0.1) is 0 Å². The summed E-state index contributed by atoms with van der Waals surface area (Å²) in [7, 11) is 0. The Balaban J connectivity index is 1.61. The first kappa shape index (κ1) is 13.2. The van der Waals surface area contributed by atoms with Crippen LogP contribution < -0.4 is 5.73 Å². The van der Waals surface area contributed by atoms with Crippen LogP contribution in [0, 0.1) is 23.6 Å². The van der Waals surface area contributed by atoms with Crippen molar-refractivity contribution in [2.45, 2.75) is 38.1 Å². The molecule has 2 aliphatic carbocycles. The van der Waals surface area contributed by atoms with E-state index in [-0.39, 0.29) is 5.82 Å². The van der Waals surface area contributed by atoms with Crippen LogP contribution in [0.5, 0.6) is 0 Å². The van der Waals surface area contributed by atoms with Crippen molar-refractivity contribution in [3.05, 3.63) is 41.8 Å². The fraction of sp³-hybridized carbons (Fsp3) is 0.500. The lowest BCUT2D eigenvalue weighted by molar-refractivity contribution is 0.452. The fourth-order valence-electron chi connectivity index (χ4n) is 4.55. The van der Waals surface area contributed by atoms with Crippen LogP contribution in [0.3, 0.4) is 0 Å². The molecule has 1 aromatic carbocycles. The normalized spacial score (nSPS) is 29.6. The lowest BCUT2D eigenvalue weighted by atomic mass is 9.88. The third kappa shape index (κ3) is 2.06. The van der Waals surface area contributed by atoms with Crippen LogP contribution in [0.15, 0.2) is 30.5 Å². The van der Waals surface area contributed by atoms with Crippen LogP contribution in [-0.4, -0.2) is 11.0 Å². The van der Waals surface area contributed by atoms with E-state index in [1.165, 1.54) is 24.5 Å². The maximum Gasteiger partial charge on any atom is 0.123 e. The van der Waals surface area contributed by atoms with Gasteiger partial charge in [0.15, 0.2) is 0 Å². The van der Waals surface area contributed by atoms with Crippen LogP contribution >= 0.6 is 0 Å². The van der Waals surface area contributed by atoms with Gasteiger partial charge in [0.2, 0.25) is 0 Å². The summed E-state index contributed by atoms with van der Waals surface area (Å²) in [6.45, 7) is 2.18.